The third-order valence-corrected chi connectivity index (χ3v) is 4.96. The van der Waals surface area contributed by atoms with Crippen molar-refractivity contribution in [2.45, 2.75) is 45.2 Å². The fourth-order valence-electron chi connectivity index (χ4n) is 3.52. The summed E-state index contributed by atoms with van der Waals surface area (Å²) in [6.07, 6.45) is 2.10. The molecule has 4 rings (SSSR count). The molecule has 6 nitrogen and oxygen atoms in total. The van der Waals surface area contributed by atoms with Crippen LogP contribution < -0.4 is 0 Å². The van der Waals surface area contributed by atoms with Crippen molar-refractivity contribution in [2.24, 2.45) is 0 Å². The zero-order valence-electron chi connectivity index (χ0n) is 15.6. The van der Waals surface area contributed by atoms with E-state index in [0.717, 1.165) is 42.3 Å². The molecule has 0 spiro atoms. The minimum atomic E-state index is 0.130. The summed E-state index contributed by atoms with van der Waals surface area (Å²) in [5.74, 6) is 3.29. The lowest BCUT2D eigenvalue weighted by atomic mass is 10.1. The molecule has 0 radical (unpaired) electrons. The van der Waals surface area contributed by atoms with E-state index in [2.05, 4.69) is 35.0 Å². The number of likely N-dealkylation sites (tertiary alicyclic amines) is 1. The number of furan rings is 1. The molecule has 0 amide bonds. The number of nitriles is 1. The first-order chi connectivity index (χ1) is 13.2. The largest absolute Gasteiger partial charge is 0.460 e. The molecule has 1 atom stereocenters. The second-order valence-corrected chi connectivity index (χ2v) is 7.20. The van der Waals surface area contributed by atoms with Gasteiger partial charge in [0.25, 0.3) is 0 Å². The summed E-state index contributed by atoms with van der Waals surface area (Å²) < 4.78 is 11.6. The van der Waals surface area contributed by atoms with E-state index < -0.39 is 0 Å². The molecular weight excluding hydrogens is 340 g/mol. The van der Waals surface area contributed by atoms with Crippen LogP contribution in [0, 0.1) is 11.3 Å². The van der Waals surface area contributed by atoms with Crippen LogP contribution in [-0.4, -0.2) is 21.6 Å². The number of aromatic nitrogens is 2. The van der Waals surface area contributed by atoms with E-state index in [9.17, 15) is 5.26 Å². The van der Waals surface area contributed by atoms with Crippen molar-refractivity contribution >= 4 is 0 Å². The van der Waals surface area contributed by atoms with E-state index in [-0.39, 0.29) is 12.0 Å². The lowest BCUT2D eigenvalue weighted by Crippen LogP contribution is -2.22. The van der Waals surface area contributed by atoms with E-state index >= 15 is 0 Å². The fraction of sp³-hybridized carbons (Fsp3) is 0.381. The Balaban J connectivity index is 1.52. The highest BCUT2D eigenvalue weighted by atomic mass is 16.5. The van der Waals surface area contributed by atoms with Crippen LogP contribution in [0.25, 0.3) is 11.3 Å². The molecule has 27 heavy (non-hydrogen) atoms. The van der Waals surface area contributed by atoms with Crippen molar-refractivity contribution in [1.82, 2.24) is 15.0 Å². The second-order valence-electron chi connectivity index (χ2n) is 7.20. The number of nitrogens with zero attached hydrogens (tertiary/aromatic N) is 4. The van der Waals surface area contributed by atoms with Crippen molar-refractivity contribution < 1.29 is 8.94 Å². The smallest absolute Gasteiger partial charge is 0.244 e. The van der Waals surface area contributed by atoms with Crippen LogP contribution in [0.1, 0.15) is 61.7 Å². The summed E-state index contributed by atoms with van der Waals surface area (Å²) in [5.41, 5.74) is 1.44. The average molecular weight is 362 g/mol. The minimum Gasteiger partial charge on any atom is -0.460 e. The first kappa shape index (κ1) is 17.5. The van der Waals surface area contributed by atoms with Crippen molar-refractivity contribution in [3.05, 3.63) is 59.4 Å². The first-order valence-electron chi connectivity index (χ1n) is 9.31. The lowest BCUT2D eigenvalue weighted by Gasteiger charge is -2.20. The molecule has 1 aliphatic rings. The molecule has 0 N–H and O–H groups in total. The lowest BCUT2D eigenvalue weighted by molar-refractivity contribution is 0.189. The van der Waals surface area contributed by atoms with Crippen LogP contribution in [-0.2, 0) is 6.54 Å². The van der Waals surface area contributed by atoms with Gasteiger partial charge in [-0.3, -0.25) is 4.90 Å². The standard InChI is InChI=1S/C21H22N4O2/c1-14(2)20-23-21(27-24-20)18-8-5-11-25(18)13-16-9-10-19(26-16)17-7-4-3-6-15(17)12-22/h3-4,6-7,9-10,14,18H,5,8,11,13H2,1-2H3. The van der Waals surface area contributed by atoms with Gasteiger partial charge in [0.2, 0.25) is 5.89 Å². The SMILES string of the molecule is CC(C)c1noc(C2CCCN2Cc2ccc(-c3ccccc3C#N)o2)n1. The monoisotopic (exact) mass is 362 g/mol. The van der Waals surface area contributed by atoms with Gasteiger partial charge < -0.3 is 8.94 Å². The van der Waals surface area contributed by atoms with Crippen molar-refractivity contribution in [2.75, 3.05) is 6.54 Å². The van der Waals surface area contributed by atoms with Gasteiger partial charge in [-0.05, 0) is 43.7 Å². The zero-order chi connectivity index (χ0) is 18.8. The first-order valence-corrected chi connectivity index (χ1v) is 9.31. The Hall–Kier alpha value is -2.91. The molecule has 1 saturated heterocycles. The molecule has 1 unspecified atom stereocenters. The summed E-state index contributed by atoms with van der Waals surface area (Å²) in [7, 11) is 0. The van der Waals surface area contributed by atoms with Crippen molar-refractivity contribution in [3.63, 3.8) is 0 Å². The predicted molar refractivity (Wildman–Crippen MR) is 99.6 cm³/mol. The van der Waals surface area contributed by atoms with Crippen LogP contribution in [0.15, 0.2) is 45.3 Å². The molecule has 1 aromatic carbocycles. The van der Waals surface area contributed by atoms with E-state index in [1.165, 1.54) is 0 Å². The number of hydrogen-bond donors (Lipinski definition) is 0. The van der Waals surface area contributed by atoms with E-state index in [1.54, 1.807) is 6.07 Å². The Morgan fingerprint density at radius 3 is 2.89 bits per heavy atom. The van der Waals surface area contributed by atoms with E-state index in [1.807, 2.05) is 30.3 Å². The molecule has 6 heteroatoms. The third-order valence-electron chi connectivity index (χ3n) is 4.96. The van der Waals surface area contributed by atoms with Crippen molar-refractivity contribution in [1.29, 1.82) is 5.26 Å². The summed E-state index contributed by atoms with van der Waals surface area (Å²) in [6.45, 7) is 5.77. The average Bonchev–Trinajstić information content (AvgIpc) is 3.42. The number of rotatable bonds is 5. The van der Waals surface area contributed by atoms with Crippen LogP contribution in [0.3, 0.4) is 0 Å². The van der Waals surface area contributed by atoms with Gasteiger partial charge in [-0.1, -0.05) is 31.1 Å². The summed E-state index contributed by atoms with van der Waals surface area (Å²) in [5, 5.41) is 13.4. The Kier molecular flexibility index (Phi) is 4.78. The molecule has 0 aliphatic carbocycles. The molecule has 138 valence electrons. The van der Waals surface area contributed by atoms with Gasteiger partial charge in [-0.2, -0.15) is 10.2 Å². The summed E-state index contributed by atoms with van der Waals surface area (Å²) >= 11 is 0. The Bertz CT molecular complexity index is 966. The Morgan fingerprint density at radius 2 is 2.11 bits per heavy atom. The maximum atomic E-state index is 9.29. The summed E-state index contributed by atoms with van der Waals surface area (Å²) in [4.78, 5) is 6.89. The quantitative estimate of drug-likeness (QED) is 0.657. The third kappa shape index (κ3) is 3.51. The van der Waals surface area contributed by atoms with Gasteiger partial charge >= 0.3 is 0 Å². The molecule has 3 aromatic rings. The fourth-order valence-corrected chi connectivity index (χ4v) is 3.52. The maximum absolute atomic E-state index is 9.29. The molecule has 3 heterocycles. The minimum absolute atomic E-state index is 0.130. The normalized spacial score (nSPS) is 17.5. The molecule has 0 saturated carbocycles. The topological polar surface area (TPSA) is 79.1 Å². The maximum Gasteiger partial charge on any atom is 0.244 e. The predicted octanol–water partition coefficient (Wildman–Crippen LogP) is 4.66. The molecule has 1 aliphatic heterocycles. The highest BCUT2D eigenvalue weighted by molar-refractivity contribution is 5.66. The number of benzene rings is 1. The molecule has 2 aromatic heterocycles. The van der Waals surface area contributed by atoms with Crippen molar-refractivity contribution in [3.8, 4) is 17.4 Å². The van der Waals surface area contributed by atoms with Gasteiger partial charge in [0, 0.05) is 11.5 Å². The second kappa shape index (κ2) is 7.37. The highest BCUT2D eigenvalue weighted by Crippen LogP contribution is 2.34. The molecular formula is C21H22N4O2. The van der Waals surface area contributed by atoms with E-state index in [0.29, 0.717) is 18.0 Å². The van der Waals surface area contributed by atoms with Crippen LogP contribution >= 0.6 is 0 Å². The van der Waals surface area contributed by atoms with Crippen LogP contribution in [0.2, 0.25) is 0 Å². The van der Waals surface area contributed by atoms with Crippen LogP contribution in [0.5, 0.6) is 0 Å². The van der Waals surface area contributed by atoms with Gasteiger partial charge in [0.05, 0.1) is 24.2 Å². The van der Waals surface area contributed by atoms with Crippen LogP contribution in [0.4, 0.5) is 0 Å². The Labute approximate surface area is 158 Å². The molecule has 0 bridgehead atoms. The van der Waals surface area contributed by atoms with Gasteiger partial charge in [-0.25, -0.2) is 0 Å². The van der Waals surface area contributed by atoms with Gasteiger partial charge in [-0.15, -0.1) is 0 Å². The zero-order valence-corrected chi connectivity index (χ0v) is 15.6. The van der Waals surface area contributed by atoms with E-state index in [4.69, 9.17) is 8.94 Å². The van der Waals surface area contributed by atoms with Gasteiger partial charge in [0.15, 0.2) is 5.82 Å². The highest BCUT2D eigenvalue weighted by Gasteiger charge is 2.31. The van der Waals surface area contributed by atoms with Gasteiger partial charge in [0.1, 0.15) is 11.5 Å². The summed E-state index contributed by atoms with van der Waals surface area (Å²) in [6, 6.07) is 13.7. The number of hydrogen-bond acceptors (Lipinski definition) is 6. The Morgan fingerprint density at radius 1 is 1.26 bits per heavy atom. The molecule has 1 fully saturated rings.